The number of nitrogen functional groups attached to an aromatic ring is 1. The van der Waals surface area contributed by atoms with Crippen molar-refractivity contribution in [2.24, 2.45) is 0 Å². The first-order valence-electron chi connectivity index (χ1n) is 5.80. The Hall–Kier alpha value is -1.75. The van der Waals surface area contributed by atoms with Crippen molar-refractivity contribution < 1.29 is 9.53 Å². The predicted octanol–water partition coefficient (Wildman–Crippen LogP) is 0.911. The second kappa shape index (κ2) is 6.26. The van der Waals surface area contributed by atoms with E-state index < -0.39 is 0 Å². The van der Waals surface area contributed by atoms with Gasteiger partial charge in [0.05, 0.1) is 18.4 Å². The molecule has 2 N–H and O–H groups in total. The number of rotatable bonds is 5. The van der Waals surface area contributed by atoms with Crippen LogP contribution >= 0.6 is 0 Å². The number of methoxy groups -OCH3 is 1. The lowest BCUT2D eigenvalue weighted by Crippen LogP contribution is -2.33. The van der Waals surface area contributed by atoms with Gasteiger partial charge in [-0.15, -0.1) is 0 Å². The fraction of sp³-hybridized carbons (Fsp3) is 0.462. The molecule has 5 heteroatoms. The van der Waals surface area contributed by atoms with Gasteiger partial charge in [-0.2, -0.15) is 0 Å². The average Bonchev–Trinajstić information content (AvgIpc) is 2.35. The highest BCUT2D eigenvalue weighted by Crippen LogP contribution is 2.25. The van der Waals surface area contributed by atoms with Crippen LogP contribution in [0, 0.1) is 0 Å². The Morgan fingerprint density at radius 3 is 2.50 bits per heavy atom. The molecule has 0 bridgehead atoms. The number of likely N-dealkylation sites (N-methyl/N-ethyl adjacent to an activating group) is 2. The van der Waals surface area contributed by atoms with Crippen LogP contribution in [-0.4, -0.2) is 57.0 Å². The lowest BCUT2D eigenvalue weighted by atomic mass is 10.1. The number of hydrogen-bond donors (Lipinski definition) is 1. The van der Waals surface area contributed by atoms with Crippen molar-refractivity contribution in [3.05, 3.63) is 23.8 Å². The maximum atomic E-state index is 12.2. The van der Waals surface area contributed by atoms with Crippen LogP contribution in [-0.2, 0) is 0 Å². The number of amides is 1. The molecule has 0 saturated carbocycles. The van der Waals surface area contributed by atoms with Gasteiger partial charge < -0.3 is 20.3 Å². The molecule has 0 radical (unpaired) electrons. The van der Waals surface area contributed by atoms with Crippen LogP contribution in [0.5, 0.6) is 5.75 Å². The molecule has 100 valence electrons. The van der Waals surface area contributed by atoms with Crippen molar-refractivity contribution in [2.45, 2.75) is 0 Å². The van der Waals surface area contributed by atoms with E-state index in [-0.39, 0.29) is 5.91 Å². The van der Waals surface area contributed by atoms with E-state index in [9.17, 15) is 4.79 Å². The highest BCUT2D eigenvalue weighted by Gasteiger charge is 2.16. The Labute approximate surface area is 108 Å². The summed E-state index contributed by atoms with van der Waals surface area (Å²) in [5, 5.41) is 0. The summed E-state index contributed by atoms with van der Waals surface area (Å²) in [6.45, 7) is 1.47. The summed E-state index contributed by atoms with van der Waals surface area (Å²) in [6, 6.07) is 5.22. The number of carbonyl (C=O) groups excluding carboxylic acids is 1. The summed E-state index contributed by atoms with van der Waals surface area (Å²) in [5.41, 5.74) is 6.78. The van der Waals surface area contributed by atoms with E-state index in [2.05, 4.69) is 0 Å². The van der Waals surface area contributed by atoms with Gasteiger partial charge in [0.25, 0.3) is 5.91 Å². The zero-order valence-electron chi connectivity index (χ0n) is 11.4. The first-order chi connectivity index (χ1) is 8.47. The predicted molar refractivity (Wildman–Crippen MR) is 72.9 cm³/mol. The smallest absolute Gasteiger partial charge is 0.255 e. The molecule has 0 unspecified atom stereocenters. The molecule has 0 aliphatic rings. The Kier molecular flexibility index (Phi) is 4.97. The highest BCUT2D eigenvalue weighted by atomic mass is 16.5. The van der Waals surface area contributed by atoms with Crippen LogP contribution in [0.15, 0.2) is 18.2 Å². The van der Waals surface area contributed by atoms with Crippen molar-refractivity contribution in [1.29, 1.82) is 0 Å². The number of para-hydroxylation sites is 1. The number of ether oxygens (including phenoxy) is 1. The topological polar surface area (TPSA) is 58.8 Å². The van der Waals surface area contributed by atoms with E-state index in [1.54, 1.807) is 30.1 Å². The van der Waals surface area contributed by atoms with E-state index in [1.807, 2.05) is 19.0 Å². The summed E-state index contributed by atoms with van der Waals surface area (Å²) in [5.74, 6) is 0.440. The quantitative estimate of drug-likeness (QED) is 0.790. The molecule has 0 spiro atoms. The molecular formula is C13H21N3O2. The first-order valence-corrected chi connectivity index (χ1v) is 5.80. The Bertz CT molecular complexity index is 419. The normalized spacial score (nSPS) is 10.5. The highest BCUT2D eigenvalue weighted by molar-refractivity contribution is 6.00. The summed E-state index contributed by atoms with van der Waals surface area (Å²) in [4.78, 5) is 15.9. The second-order valence-corrected chi connectivity index (χ2v) is 4.45. The minimum Gasteiger partial charge on any atom is -0.495 e. The van der Waals surface area contributed by atoms with Gasteiger partial charge >= 0.3 is 0 Å². The van der Waals surface area contributed by atoms with Crippen LogP contribution in [0.2, 0.25) is 0 Å². The number of hydrogen-bond acceptors (Lipinski definition) is 4. The van der Waals surface area contributed by atoms with E-state index in [0.717, 1.165) is 6.54 Å². The van der Waals surface area contributed by atoms with Gasteiger partial charge in [-0.25, -0.2) is 0 Å². The van der Waals surface area contributed by atoms with E-state index in [0.29, 0.717) is 23.5 Å². The van der Waals surface area contributed by atoms with Crippen molar-refractivity contribution in [3.63, 3.8) is 0 Å². The van der Waals surface area contributed by atoms with Crippen molar-refractivity contribution in [3.8, 4) is 5.75 Å². The van der Waals surface area contributed by atoms with Crippen molar-refractivity contribution in [1.82, 2.24) is 9.80 Å². The van der Waals surface area contributed by atoms with Crippen LogP contribution < -0.4 is 10.5 Å². The van der Waals surface area contributed by atoms with Crippen LogP contribution in [0.25, 0.3) is 0 Å². The molecule has 0 heterocycles. The zero-order chi connectivity index (χ0) is 13.7. The molecule has 0 aromatic heterocycles. The molecule has 18 heavy (non-hydrogen) atoms. The first kappa shape index (κ1) is 14.3. The minimum atomic E-state index is -0.0896. The van der Waals surface area contributed by atoms with E-state index in [1.165, 1.54) is 7.11 Å². The molecule has 1 aromatic rings. The summed E-state index contributed by atoms with van der Waals surface area (Å²) in [6.07, 6.45) is 0. The van der Waals surface area contributed by atoms with Gasteiger partial charge in [-0.05, 0) is 26.2 Å². The Morgan fingerprint density at radius 1 is 1.28 bits per heavy atom. The molecule has 1 aromatic carbocycles. The number of carbonyl (C=O) groups is 1. The maximum Gasteiger partial charge on any atom is 0.255 e. The van der Waals surface area contributed by atoms with Crippen molar-refractivity contribution >= 4 is 11.6 Å². The third kappa shape index (κ3) is 3.37. The summed E-state index contributed by atoms with van der Waals surface area (Å²) in [7, 11) is 7.25. The number of nitrogens with two attached hydrogens (primary N) is 1. The third-order valence-electron chi connectivity index (χ3n) is 2.75. The molecule has 0 aliphatic carbocycles. The van der Waals surface area contributed by atoms with Crippen LogP contribution in [0.1, 0.15) is 10.4 Å². The number of nitrogens with zero attached hydrogens (tertiary/aromatic N) is 2. The fourth-order valence-corrected chi connectivity index (χ4v) is 1.57. The molecule has 0 atom stereocenters. The van der Waals surface area contributed by atoms with E-state index >= 15 is 0 Å². The van der Waals surface area contributed by atoms with Gasteiger partial charge in [-0.1, -0.05) is 6.07 Å². The van der Waals surface area contributed by atoms with Crippen molar-refractivity contribution in [2.75, 3.05) is 47.1 Å². The largest absolute Gasteiger partial charge is 0.495 e. The molecule has 5 nitrogen and oxygen atoms in total. The minimum absolute atomic E-state index is 0.0896. The molecule has 1 amide bonds. The molecule has 0 saturated heterocycles. The molecule has 1 rings (SSSR count). The Morgan fingerprint density at radius 2 is 1.94 bits per heavy atom. The lowest BCUT2D eigenvalue weighted by Gasteiger charge is -2.20. The number of benzene rings is 1. The van der Waals surface area contributed by atoms with Crippen LogP contribution in [0.4, 0.5) is 5.69 Å². The average molecular weight is 251 g/mol. The zero-order valence-corrected chi connectivity index (χ0v) is 11.4. The maximum absolute atomic E-state index is 12.2. The lowest BCUT2D eigenvalue weighted by molar-refractivity contribution is 0.0787. The molecule has 0 aliphatic heterocycles. The van der Waals surface area contributed by atoms with Crippen LogP contribution in [0.3, 0.4) is 0 Å². The van der Waals surface area contributed by atoms with Gasteiger partial charge in [0.15, 0.2) is 0 Å². The summed E-state index contributed by atoms with van der Waals surface area (Å²) < 4.78 is 5.11. The standard InChI is InChI=1S/C13H21N3O2/c1-15(2)8-9-16(3)13(17)10-6-5-7-11(18-4)12(10)14/h5-7H,8-9,14H2,1-4H3. The summed E-state index contributed by atoms with van der Waals surface area (Å²) >= 11 is 0. The second-order valence-electron chi connectivity index (χ2n) is 4.45. The fourth-order valence-electron chi connectivity index (χ4n) is 1.57. The number of anilines is 1. The Balaban J connectivity index is 2.83. The van der Waals surface area contributed by atoms with E-state index in [4.69, 9.17) is 10.5 Å². The monoisotopic (exact) mass is 251 g/mol. The van der Waals surface area contributed by atoms with Gasteiger partial charge in [0, 0.05) is 20.1 Å². The van der Waals surface area contributed by atoms with Gasteiger partial charge in [0.2, 0.25) is 0 Å². The third-order valence-corrected chi connectivity index (χ3v) is 2.75. The molecular weight excluding hydrogens is 230 g/mol. The van der Waals surface area contributed by atoms with Gasteiger partial charge in [0.1, 0.15) is 5.75 Å². The van der Waals surface area contributed by atoms with Gasteiger partial charge in [-0.3, -0.25) is 4.79 Å². The SMILES string of the molecule is COc1cccc(C(=O)N(C)CCN(C)C)c1N. The molecule has 0 fully saturated rings.